The summed E-state index contributed by atoms with van der Waals surface area (Å²) in [6.45, 7) is 8.67. The van der Waals surface area contributed by atoms with E-state index < -0.39 is 0 Å². The normalized spacial score (nSPS) is 13.5. The van der Waals surface area contributed by atoms with Gasteiger partial charge in [0.05, 0.1) is 0 Å². The number of aromatic nitrogens is 3. The minimum atomic E-state index is 0.246. The molecule has 0 aromatic carbocycles. The predicted molar refractivity (Wildman–Crippen MR) is 77.4 cm³/mol. The van der Waals surface area contributed by atoms with E-state index in [9.17, 15) is 0 Å². The van der Waals surface area contributed by atoms with Gasteiger partial charge in [0.15, 0.2) is 0 Å². The highest BCUT2D eigenvalue weighted by Gasteiger charge is 2.14. The minimum absolute atomic E-state index is 0.246. The zero-order valence-corrected chi connectivity index (χ0v) is 12.6. The molecule has 5 nitrogen and oxygen atoms in total. The molecule has 0 saturated carbocycles. The molecule has 104 valence electrons. The van der Waals surface area contributed by atoms with Crippen molar-refractivity contribution in [3.05, 3.63) is 12.2 Å². The second-order valence-electron chi connectivity index (χ2n) is 5.21. The van der Waals surface area contributed by atoms with E-state index >= 15 is 0 Å². The van der Waals surface area contributed by atoms with Crippen molar-refractivity contribution in [2.24, 2.45) is 11.8 Å². The molecule has 0 radical (unpaired) electrons. The summed E-state index contributed by atoms with van der Waals surface area (Å²) < 4.78 is 1.96. The van der Waals surface area contributed by atoms with Crippen LogP contribution in [0.4, 0.5) is 0 Å². The van der Waals surface area contributed by atoms with Crippen LogP contribution in [0, 0.1) is 5.92 Å². The average molecular weight is 271 g/mol. The summed E-state index contributed by atoms with van der Waals surface area (Å²) in [5, 5.41) is 4.24. The van der Waals surface area contributed by atoms with Crippen LogP contribution in [0.3, 0.4) is 0 Å². The second kappa shape index (κ2) is 7.76. The average Bonchev–Trinajstić information content (AvgIpc) is 2.75. The van der Waals surface area contributed by atoms with Gasteiger partial charge in [-0.2, -0.15) is 16.9 Å². The molecular weight excluding hydrogens is 246 g/mol. The quantitative estimate of drug-likeness (QED) is 0.555. The fraction of sp³-hybridized carbons (Fsp3) is 0.833. The number of hydrazine groups is 1. The van der Waals surface area contributed by atoms with Gasteiger partial charge in [-0.15, -0.1) is 0 Å². The maximum absolute atomic E-state index is 5.61. The molecule has 0 aliphatic carbocycles. The smallest absolute Gasteiger partial charge is 0.138 e. The molecule has 6 heteroatoms. The number of nitrogens with one attached hydrogen (secondary N) is 1. The van der Waals surface area contributed by atoms with Crippen LogP contribution in [0.1, 0.15) is 39.6 Å². The Morgan fingerprint density at radius 1 is 1.33 bits per heavy atom. The maximum Gasteiger partial charge on any atom is 0.138 e. The Balaban J connectivity index is 2.49. The molecule has 1 atom stereocenters. The number of thioether (sulfide) groups is 1. The van der Waals surface area contributed by atoms with Crippen molar-refractivity contribution in [1.29, 1.82) is 0 Å². The van der Waals surface area contributed by atoms with Gasteiger partial charge in [-0.1, -0.05) is 13.8 Å². The van der Waals surface area contributed by atoms with Crippen LogP contribution in [0.2, 0.25) is 0 Å². The molecule has 1 aromatic rings. The summed E-state index contributed by atoms with van der Waals surface area (Å²) in [5.41, 5.74) is 2.88. The highest BCUT2D eigenvalue weighted by molar-refractivity contribution is 7.99. The lowest BCUT2D eigenvalue weighted by Crippen LogP contribution is -2.39. The van der Waals surface area contributed by atoms with Gasteiger partial charge in [-0.3, -0.25) is 11.3 Å². The lowest BCUT2D eigenvalue weighted by molar-refractivity contribution is 0.477. The van der Waals surface area contributed by atoms with Crippen molar-refractivity contribution in [2.75, 3.05) is 11.5 Å². The van der Waals surface area contributed by atoms with Gasteiger partial charge in [0, 0.05) is 24.3 Å². The molecule has 0 aliphatic rings. The lowest BCUT2D eigenvalue weighted by Gasteiger charge is -2.17. The third-order valence-corrected chi connectivity index (χ3v) is 4.11. The minimum Gasteiger partial charge on any atom is -0.271 e. The zero-order valence-electron chi connectivity index (χ0n) is 11.8. The highest BCUT2D eigenvalue weighted by Crippen LogP contribution is 2.12. The highest BCUT2D eigenvalue weighted by atomic mass is 32.2. The Kier molecular flexibility index (Phi) is 6.67. The molecule has 0 bridgehead atoms. The number of nitrogens with zero attached hydrogens (tertiary/aromatic N) is 3. The van der Waals surface area contributed by atoms with Crippen molar-refractivity contribution < 1.29 is 0 Å². The summed E-state index contributed by atoms with van der Waals surface area (Å²) in [7, 11) is 0. The Morgan fingerprint density at radius 3 is 2.61 bits per heavy atom. The summed E-state index contributed by atoms with van der Waals surface area (Å²) in [6, 6.07) is 0.583. The molecule has 3 N–H and O–H groups in total. The molecule has 0 saturated heterocycles. The van der Waals surface area contributed by atoms with Crippen LogP contribution in [-0.4, -0.2) is 32.3 Å². The van der Waals surface area contributed by atoms with Crippen LogP contribution < -0.4 is 11.3 Å². The number of hydrogen-bond donors (Lipinski definition) is 2. The number of nitrogens with two attached hydrogens (primary N) is 1. The standard InChI is InChI=1S/C12H25N5S/c1-9(2)6-18-7-11(16-13)5-12-14-8-15-17(12)10(3)4/h8-11,16H,5-7,13H2,1-4H3. The molecular formula is C12H25N5S. The molecule has 0 fully saturated rings. The fourth-order valence-electron chi connectivity index (χ4n) is 1.68. The molecule has 0 spiro atoms. The monoisotopic (exact) mass is 271 g/mol. The van der Waals surface area contributed by atoms with Crippen LogP contribution in [0.5, 0.6) is 0 Å². The molecule has 18 heavy (non-hydrogen) atoms. The topological polar surface area (TPSA) is 68.8 Å². The predicted octanol–water partition coefficient (Wildman–Crippen LogP) is 1.62. The van der Waals surface area contributed by atoms with Gasteiger partial charge in [-0.05, 0) is 25.5 Å². The van der Waals surface area contributed by atoms with Crippen LogP contribution >= 0.6 is 11.8 Å². The first-order chi connectivity index (χ1) is 8.54. The van der Waals surface area contributed by atoms with Gasteiger partial charge < -0.3 is 0 Å². The van der Waals surface area contributed by atoms with Crippen LogP contribution in [0.25, 0.3) is 0 Å². The molecule has 1 aromatic heterocycles. The van der Waals surface area contributed by atoms with E-state index in [1.54, 1.807) is 6.33 Å². The van der Waals surface area contributed by atoms with E-state index in [1.807, 2.05) is 16.4 Å². The van der Waals surface area contributed by atoms with Crippen molar-refractivity contribution >= 4 is 11.8 Å². The van der Waals surface area contributed by atoms with Crippen molar-refractivity contribution in [3.8, 4) is 0 Å². The van der Waals surface area contributed by atoms with Crippen molar-refractivity contribution in [2.45, 2.75) is 46.2 Å². The van der Waals surface area contributed by atoms with Gasteiger partial charge in [0.1, 0.15) is 12.2 Å². The van der Waals surface area contributed by atoms with Gasteiger partial charge >= 0.3 is 0 Å². The summed E-state index contributed by atoms with van der Waals surface area (Å²) in [5.74, 6) is 9.49. The summed E-state index contributed by atoms with van der Waals surface area (Å²) >= 11 is 1.93. The second-order valence-corrected chi connectivity index (χ2v) is 6.29. The Bertz CT molecular complexity index is 337. The Morgan fingerprint density at radius 2 is 2.06 bits per heavy atom. The molecule has 1 unspecified atom stereocenters. The Labute approximate surface area is 114 Å². The maximum atomic E-state index is 5.61. The summed E-state index contributed by atoms with van der Waals surface area (Å²) in [4.78, 5) is 4.32. The van der Waals surface area contributed by atoms with Gasteiger partial charge in [0.25, 0.3) is 0 Å². The van der Waals surface area contributed by atoms with E-state index in [-0.39, 0.29) is 6.04 Å². The first kappa shape index (κ1) is 15.5. The summed E-state index contributed by atoms with van der Waals surface area (Å²) in [6.07, 6.45) is 2.43. The Hall–Kier alpha value is -0.590. The molecule has 1 heterocycles. The van der Waals surface area contributed by atoms with E-state index in [2.05, 4.69) is 43.2 Å². The van der Waals surface area contributed by atoms with Crippen LogP contribution in [-0.2, 0) is 6.42 Å². The van der Waals surface area contributed by atoms with Crippen molar-refractivity contribution in [1.82, 2.24) is 20.2 Å². The molecule has 1 rings (SSSR count). The van der Waals surface area contributed by atoms with E-state index in [4.69, 9.17) is 5.84 Å². The largest absolute Gasteiger partial charge is 0.271 e. The number of rotatable bonds is 8. The lowest BCUT2D eigenvalue weighted by atomic mass is 10.2. The first-order valence-corrected chi connectivity index (χ1v) is 7.62. The van der Waals surface area contributed by atoms with E-state index in [1.165, 1.54) is 0 Å². The van der Waals surface area contributed by atoms with E-state index in [0.717, 1.165) is 23.8 Å². The third-order valence-electron chi connectivity index (χ3n) is 2.57. The molecule has 0 amide bonds. The van der Waals surface area contributed by atoms with Gasteiger partial charge in [0.2, 0.25) is 0 Å². The van der Waals surface area contributed by atoms with Crippen LogP contribution in [0.15, 0.2) is 6.33 Å². The number of hydrogen-bond acceptors (Lipinski definition) is 5. The first-order valence-electron chi connectivity index (χ1n) is 6.46. The fourth-order valence-corrected chi connectivity index (χ4v) is 2.79. The molecule has 0 aliphatic heterocycles. The van der Waals surface area contributed by atoms with E-state index in [0.29, 0.717) is 12.0 Å². The van der Waals surface area contributed by atoms with Gasteiger partial charge in [-0.25, -0.2) is 9.67 Å². The third kappa shape index (κ3) is 4.96. The zero-order chi connectivity index (χ0) is 13.5. The van der Waals surface area contributed by atoms with Crippen molar-refractivity contribution in [3.63, 3.8) is 0 Å². The SMILES string of the molecule is CC(C)CSCC(Cc1ncnn1C(C)C)NN.